The van der Waals surface area contributed by atoms with E-state index in [0.717, 1.165) is 43.6 Å². The van der Waals surface area contributed by atoms with Gasteiger partial charge >= 0.3 is 6.03 Å². The second-order valence-electron chi connectivity index (χ2n) is 8.12. The molecule has 2 fully saturated rings. The normalized spacial score (nSPS) is 18.3. The summed E-state index contributed by atoms with van der Waals surface area (Å²) in [7, 11) is 0. The van der Waals surface area contributed by atoms with Crippen LogP contribution in [0.25, 0.3) is 0 Å². The van der Waals surface area contributed by atoms with Crippen molar-refractivity contribution in [1.82, 2.24) is 14.9 Å². The summed E-state index contributed by atoms with van der Waals surface area (Å²) in [6.07, 6.45) is 2.40. The van der Waals surface area contributed by atoms with Crippen molar-refractivity contribution >= 4 is 23.5 Å². The third-order valence-electron chi connectivity index (χ3n) is 5.90. The van der Waals surface area contributed by atoms with Crippen LogP contribution >= 0.6 is 0 Å². The molecule has 9 nitrogen and oxygen atoms in total. The van der Waals surface area contributed by atoms with Gasteiger partial charge in [-0.15, -0.1) is 0 Å². The third kappa shape index (κ3) is 4.30. The van der Waals surface area contributed by atoms with E-state index in [2.05, 4.69) is 20.1 Å². The maximum absolute atomic E-state index is 12.8. The summed E-state index contributed by atoms with van der Waals surface area (Å²) in [4.78, 5) is 28.5. The summed E-state index contributed by atoms with van der Waals surface area (Å²) in [6, 6.07) is 7.41. The summed E-state index contributed by atoms with van der Waals surface area (Å²) in [5.74, 6) is 3.15. The number of aryl methyl sites for hydroxylation is 1. The summed E-state index contributed by atoms with van der Waals surface area (Å²) in [5.41, 5.74) is 1.68. The highest BCUT2D eigenvalue weighted by Crippen LogP contribution is 2.32. The van der Waals surface area contributed by atoms with Crippen LogP contribution in [0.5, 0.6) is 11.5 Å². The lowest BCUT2D eigenvalue weighted by molar-refractivity contribution is 0.171. The number of ether oxygens (including phenoxy) is 2. The number of piperazine rings is 1. The lowest BCUT2D eigenvalue weighted by Gasteiger charge is -2.35. The van der Waals surface area contributed by atoms with Gasteiger partial charge in [0.2, 0.25) is 5.95 Å². The van der Waals surface area contributed by atoms with Crippen molar-refractivity contribution in [3.05, 3.63) is 30.0 Å². The lowest BCUT2D eigenvalue weighted by atomic mass is 10.2. The van der Waals surface area contributed by atoms with Gasteiger partial charge in [0, 0.05) is 62.8 Å². The van der Waals surface area contributed by atoms with Gasteiger partial charge < -0.3 is 29.5 Å². The van der Waals surface area contributed by atoms with Gasteiger partial charge in [-0.3, -0.25) is 0 Å². The first-order valence-corrected chi connectivity index (χ1v) is 11.0. The molecule has 0 aliphatic carbocycles. The van der Waals surface area contributed by atoms with Gasteiger partial charge in [0.05, 0.1) is 0 Å². The van der Waals surface area contributed by atoms with Gasteiger partial charge in [-0.1, -0.05) is 0 Å². The maximum atomic E-state index is 12.8. The van der Waals surface area contributed by atoms with Crippen molar-refractivity contribution in [3.8, 4) is 11.5 Å². The van der Waals surface area contributed by atoms with Crippen molar-refractivity contribution in [2.24, 2.45) is 0 Å². The maximum Gasteiger partial charge on any atom is 0.321 e. The quantitative estimate of drug-likeness (QED) is 0.811. The van der Waals surface area contributed by atoms with E-state index >= 15 is 0 Å². The molecule has 2 aromatic rings. The van der Waals surface area contributed by atoms with Crippen LogP contribution in [0.2, 0.25) is 0 Å². The molecule has 3 aliphatic heterocycles. The highest BCUT2D eigenvalue weighted by Gasteiger charge is 2.24. The minimum atomic E-state index is -0.104. The highest BCUT2D eigenvalue weighted by atomic mass is 16.6. The molecule has 1 N–H and O–H groups in total. The predicted molar refractivity (Wildman–Crippen MR) is 118 cm³/mol. The van der Waals surface area contributed by atoms with Gasteiger partial charge in [0.15, 0.2) is 11.5 Å². The summed E-state index contributed by atoms with van der Waals surface area (Å²) in [6.45, 7) is 7.89. The topological polar surface area (TPSA) is 83.1 Å². The molecule has 0 spiro atoms. The zero-order valence-corrected chi connectivity index (χ0v) is 17.8. The molecule has 5 rings (SSSR count). The number of hydrogen-bond acceptors (Lipinski definition) is 7. The molecule has 0 bridgehead atoms. The first kappa shape index (κ1) is 19.7. The molecule has 0 unspecified atom stereocenters. The number of amides is 2. The van der Waals surface area contributed by atoms with Gasteiger partial charge in [-0.05, 0) is 31.9 Å². The van der Waals surface area contributed by atoms with Crippen molar-refractivity contribution in [1.29, 1.82) is 0 Å². The standard InChI is InChI=1S/C22H28N6O3/c1-16-14-20(25-21(23-16)27-6-2-3-7-27)26-8-10-28(11-9-26)22(29)24-17-4-5-18-19(15-17)31-13-12-30-18/h4-5,14-15H,2-3,6-13H2,1H3,(H,24,29). The Balaban J connectivity index is 1.20. The molecule has 2 saturated heterocycles. The van der Waals surface area contributed by atoms with Crippen LogP contribution in [0.3, 0.4) is 0 Å². The third-order valence-corrected chi connectivity index (χ3v) is 5.90. The average Bonchev–Trinajstić information content (AvgIpc) is 3.34. The van der Waals surface area contributed by atoms with Crippen LogP contribution in [0, 0.1) is 6.92 Å². The number of carbonyl (C=O) groups excluding carboxylic acids is 1. The molecule has 3 aliphatic rings. The zero-order valence-electron chi connectivity index (χ0n) is 17.8. The van der Waals surface area contributed by atoms with E-state index < -0.39 is 0 Å². The number of anilines is 3. The molecule has 4 heterocycles. The average molecular weight is 425 g/mol. The lowest BCUT2D eigenvalue weighted by Crippen LogP contribution is -2.50. The Kier molecular flexibility index (Phi) is 5.40. The molecule has 0 saturated carbocycles. The number of rotatable bonds is 3. The fraction of sp³-hybridized carbons (Fsp3) is 0.500. The fourth-order valence-corrected chi connectivity index (χ4v) is 4.22. The molecular weight excluding hydrogens is 396 g/mol. The van der Waals surface area contributed by atoms with Crippen LogP contribution in [-0.4, -0.2) is 73.4 Å². The number of benzene rings is 1. The number of nitrogens with one attached hydrogen (secondary N) is 1. The SMILES string of the molecule is Cc1cc(N2CCN(C(=O)Nc3ccc4c(c3)OCCO4)CC2)nc(N2CCCC2)n1. The van der Waals surface area contributed by atoms with Crippen LogP contribution in [0.1, 0.15) is 18.5 Å². The largest absolute Gasteiger partial charge is 0.486 e. The summed E-state index contributed by atoms with van der Waals surface area (Å²) >= 11 is 0. The van der Waals surface area contributed by atoms with E-state index in [-0.39, 0.29) is 6.03 Å². The monoisotopic (exact) mass is 424 g/mol. The Bertz CT molecular complexity index is 954. The minimum Gasteiger partial charge on any atom is -0.486 e. The van der Waals surface area contributed by atoms with E-state index in [9.17, 15) is 4.79 Å². The number of hydrogen-bond donors (Lipinski definition) is 1. The molecule has 164 valence electrons. The molecule has 9 heteroatoms. The molecule has 0 radical (unpaired) electrons. The second kappa shape index (κ2) is 8.49. The van der Waals surface area contributed by atoms with E-state index in [4.69, 9.17) is 14.5 Å². The van der Waals surface area contributed by atoms with Gasteiger partial charge in [0.25, 0.3) is 0 Å². The number of urea groups is 1. The smallest absolute Gasteiger partial charge is 0.321 e. The Morgan fingerprint density at radius 1 is 0.903 bits per heavy atom. The fourth-order valence-electron chi connectivity index (χ4n) is 4.22. The number of aromatic nitrogens is 2. The number of fused-ring (bicyclic) bond motifs is 1. The van der Waals surface area contributed by atoms with Gasteiger partial charge in [0.1, 0.15) is 19.0 Å². The number of carbonyl (C=O) groups is 1. The van der Waals surface area contributed by atoms with Crippen molar-refractivity contribution < 1.29 is 14.3 Å². The van der Waals surface area contributed by atoms with E-state index in [1.807, 2.05) is 36.1 Å². The summed E-state index contributed by atoms with van der Waals surface area (Å²) < 4.78 is 11.1. The molecule has 1 aromatic heterocycles. The Hall–Kier alpha value is -3.23. The Labute approximate surface area is 182 Å². The van der Waals surface area contributed by atoms with E-state index in [1.165, 1.54) is 12.8 Å². The molecule has 0 atom stereocenters. The zero-order chi connectivity index (χ0) is 21.2. The van der Waals surface area contributed by atoms with E-state index in [1.54, 1.807) is 0 Å². The Morgan fingerprint density at radius 2 is 1.65 bits per heavy atom. The highest BCUT2D eigenvalue weighted by molar-refractivity contribution is 5.90. The van der Waals surface area contributed by atoms with Crippen molar-refractivity contribution in [3.63, 3.8) is 0 Å². The predicted octanol–water partition coefficient (Wildman–Crippen LogP) is 2.51. The Morgan fingerprint density at radius 3 is 2.42 bits per heavy atom. The second-order valence-corrected chi connectivity index (χ2v) is 8.12. The van der Waals surface area contributed by atoms with Crippen molar-refractivity contribution in [2.45, 2.75) is 19.8 Å². The first-order valence-electron chi connectivity index (χ1n) is 11.0. The first-order chi connectivity index (χ1) is 15.2. The molecule has 1 aromatic carbocycles. The van der Waals surface area contributed by atoms with Crippen LogP contribution in [0.15, 0.2) is 24.3 Å². The van der Waals surface area contributed by atoms with E-state index in [0.29, 0.717) is 43.5 Å². The molecule has 31 heavy (non-hydrogen) atoms. The van der Waals surface area contributed by atoms with Crippen LogP contribution < -0.4 is 24.6 Å². The van der Waals surface area contributed by atoms with Crippen molar-refractivity contribution in [2.75, 3.05) is 67.6 Å². The minimum absolute atomic E-state index is 0.104. The summed E-state index contributed by atoms with van der Waals surface area (Å²) in [5, 5.41) is 2.97. The molecular formula is C22H28N6O3. The van der Waals surface area contributed by atoms with Gasteiger partial charge in [-0.2, -0.15) is 4.98 Å². The van der Waals surface area contributed by atoms with Crippen LogP contribution in [0.4, 0.5) is 22.2 Å². The van der Waals surface area contributed by atoms with Gasteiger partial charge in [-0.25, -0.2) is 9.78 Å². The van der Waals surface area contributed by atoms with Crippen LogP contribution in [-0.2, 0) is 0 Å². The number of nitrogens with zero attached hydrogens (tertiary/aromatic N) is 5. The molecule has 2 amide bonds.